The number of benzene rings is 2. The molecule has 0 radical (unpaired) electrons. The summed E-state index contributed by atoms with van der Waals surface area (Å²) in [6.07, 6.45) is 1.67. The Kier molecular flexibility index (Phi) is 5.48. The van der Waals surface area contributed by atoms with Crippen molar-refractivity contribution in [3.05, 3.63) is 89.1 Å². The fourth-order valence-corrected chi connectivity index (χ4v) is 3.60. The van der Waals surface area contributed by atoms with E-state index < -0.39 is 0 Å². The monoisotopic (exact) mass is 400 g/mol. The lowest BCUT2D eigenvalue weighted by Crippen LogP contribution is -2.22. The van der Waals surface area contributed by atoms with Crippen LogP contribution in [-0.4, -0.2) is 28.2 Å². The summed E-state index contributed by atoms with van der Waals surface area (Å²) in [6, 6.07) is 18.6. The van der Waals surface area contributed by atoms with Crippen LogP contribution in [0.4, 0.5) is 11.5 Å². The van der Waals surface area contributed by atoms with Gasteiger partial charge in [0, 0.05) is 41.2 Å². The average molecular weight is 400 g/mol. The lowest BCUT2D eigenvalue weighted by atomic mass is 10.0. The van der Waals surface area contributed by atoms with Crippen LogP contribution in [0.15, 0.2) is 66.9 Å². The van der Waals surface area contributed by atoms with Gasteiger partial charge < -0.3 is 15.5 Å². The van der Waals surface area contributed by atoms with E-state index in [2.05, 4.69) is 15.6 Å². The predicted octanol–water partition coefficient (Wildman–Crippen LogP) is 4.48. The summed E-state index contributed by atoms with van der Waals surface area (Å²) in [6.45, 7) is 5.26. The predicted molar refractivity (Wildman–Crippen MR) is 118 cm³/mol. The van der Waals surface area contributed by atoms with Crippen LogP contribution in [0.25, 0.3) is 0 Å². The number of fused-ring (bicyclic) bond motifs is 1. The number of amides is 2. The third-order valence-electron chi connectivity index (χ3n) is 5.36. The standard InChI is InChI=1S/C24H24N4O2/c1-3-28-15-21-20(24(28)30)13-14-25-22(21)26-16(2)17-9-11-18(12-10-17)23(29)27-19-7-5-4-6-8-19/h4-14,16H,3,15H2,1-2H3,(H,25,26)(H,27,29)/t16-/m0/s1. The fourth-order valence-electron chi connectivity index (χ4n) is 3.60. The van der Waals surface area contributed by atoms with Crippen molar-refractivity contribution in [3.8, 4) is 0 Å². The molecule has 1 aliphatic rings. The number of hydrogen-bond acceptors (Lipinski definition) is 4. The van der Waals surface area contributed by atoms with Crippen molar-refractivity contribution < 1.29 is 9.59 Å². The molecule has 2 heterocycles. The first-order valence-corrected chi connectivity index (χ1v) is 10.1. The molecule has 6 heteroatoms. The van der Waals surface area contributed by atoms with E-state index in [-0.39, 0.29) is 17.9 Å². The Morgan fingerprint density at radius 2 is 1.83 bits per heavy atom. The van der Waals surface area contributed by atoms with Crippen LogP contribution < -0.4 is 10.6 Å². The number of aromatic nitrogens is 1. The molecule has 0 aliphatic carbocycles. The number of anilines is 2. The number of para-hydroxylation sites is 1. The molecule has 30 heavy (non-hydrogen) atoms. The van der Waals surface area contributed by atoms with Crippen LogP contribution in [0, 0.1) is 0 Å². The van der Waals surface area contributed by atoms with Crippen molar-refractivity contribution in [1.82, 2.24) is 9.88 Å². The van der Waals surface area contributed by atoms with E-state index in [1.807, 2.05) is 73.3 Å². The molecular weight excluding hydrogens is 376 g/mol. The third kappa shape index (κ3) is 3.89. The Labute approximate surface area is 175 Å². The lowest BCUT2D eigenvalue weighted by Gasteiger charge is -2.17. The normalized spacial score (nSPS) is 13.7. The highest BCUT2D eigenvalue weighted by Gasteiger charge is 2.29. The summed E-state index contributed by atoms with van der Waals surface area (Å²) in [5.74, 6) is 0.642. The Morgan fingerprint density at radius 1 is 1.10 bits per heavy atom. The van der Waals surface area contributed by atoms with Crippen molar-refractivity contribution in [2.24, 2.45) is 0 Å². The smallest absolute Gasteiger partial charge is 0.255 e. The first kappa shape index (κ1) is 19.6. The van der Waals surface area contributed by atoms with Crippen molar-refractivity contribution in [1.29, 1.82) is 0 Å². The maximum atomic E-state index is 12.4. The molecule has 2 amide bonds. The molecule has 0 bridgehead atoms. The molecule has 3 aromatic rings. The lowest BCUT2D eigenvalue weighted by molar-refractivity contribution is 0.0787. The molecule has 0 unspecified atom stereocenters. The van der Waals surface area contributed by atoms with E-state index >= 15 is 0 Å². The van der Waals surface area contributed by atoms with Crippen LogP contribution in [0.5, 0.6) is 0 Å². The third-order valence-corrected chi connectivity index (χ3v) is 5.36. The fraction of sp³-hybridized carbons (Fsp3) is 0.208. The van der Waals surface area contributed by atoms with E-state index in [4.69, 9.17) is 0 Å². The summed E-state index contributed by atoms with van der Waals surface area (Å²) in [4.78, 5) is 31.1. The van der Waals surface area contributed by atoms with Gasteiger partial charge in [0.05, 0.1) is 6.54 Å². The van der Waals surface area contributed by atoms with Gasteiger partial charge in [0.25, 0.3) is 11.8 Å². The number of rotatable bonds is 6. The van der Waals surface area contributed by atoms with Crippen LogP contribution in [0.3, 0.4) is 0 Å². The summed E-state index contributed by atoms with van der Waals surface area (Å²) in [5.41, 5.74) is 4.05. The molecule has 0 saturated carbocycles. The molecule has 0 fully saturated rings. The number of carbonyl (C=O) groups is 2. The summed E-state index contributed by atoms with van der Waals surface area (Å²) >= 11 is 0. The van der Waals surface area contributed by atoms with Crippen LogP contribution in [0.2, 0.25) is 0 Å². The number of hydrogen-bond donors (Lipinski definition) is 2. The van der Waals surface area contributed by atoms with Crippen molar-refractivity contribution >= 4 is 23.3 Å². The zero-order valence-corrected chi connectivity index (χ0v) is 17.1. The van der Waals surface area contributed by atoms with Gasteiger partial charge in [-0.1, -0.05) is 30.3 Å². The van der Waals surface area contributed by atoms with Gasteiger partial charge in [0.2, 0.25) is 0 Å². The Bertz CT molecular complexity index is 1060. The zero-order chi connectivity index (χ0) is 21.1. The molecular formula is C24H24N4O2. The molecule has 1 aromatic heterocycles. The van der Waals surface area contributed by atoms with Crippen molar-refractivity contribution in [2.75, 3.05) is 17.2 Å². The van der Waals surface area contributed by atoms with Crippen LogP contribution in [0.1, 0.15) is 51.7 Å². The molecule has 2 aromatic carbocycles. The minimum atomic E-state index is -0.144. The van der Waals surface area contributed by atoms with Gasteiger partial charge in [0.15, 0.2) is 0 Å². The van der Waals surface area contributed by atoms with E-state index in [9.17, 15) is 9.59 Å². The van der Waals surface area contributed by atoms with Gasteiger partial charge >= 0.3 is 0 Å². The second kappa shape index (κ2) is 8.37. The first-order valence-electron chi connectivity index (χ1n) is 10.1. The molecule has 2 N–H and O–H groups in total. The average Bonchev–Trinajstić information content (AvgIpc) is 3.11. The van der Waals surface area contributed by atoms with Gasteiger partial charge in [0.1, 0.15) is 5.82 Å². The van der Waals surface area contributed by atoms with Crippen LogP contribution >= 0.6 is 0 Å². The second-order valence-electron chi connectivity index (χ2n) is 7.31. The van der Waals surface area contributed by atoms with Gasteiger partial charge in [-0.05, 0) is 49.7 Å². The largest absolute Gasteiger partial charge is 0.363 e. The van der Waals surface area contributed by atoms with Gasteiger partial charge in [-0.15, -0.1) is 0 Å². The summed E-state index contributed by atoms with van der Waals surface area (Å²) in [7, 11) is 0. The number of nitrogens with one attached hydrogen (secondary N) is 2. The second-order valence-corrected chi connectivity index (χ2v) is 7.31. The quantitative estimate of drug-likeness (QED) is 0.640. The highest BCUT2D eigenvalue weighted by molar-refractivity contribution is 6.04. The van der Waals surface area contributed by atoms with Crippen LogP contribution in [-0.2, 0) is 6.54 Å². The maximum absolute atomic E-state index is 12.4. The van der Waals surface area contributed by atoms with Crippen molar-refractivity contribution in [3.63, 3.8) is 0 Å². The topological polar surface area (TPSA) is 74.3 Å². The summed E-state index contributed by atoms with van der Waals surface area (Å²) < 4.78 is 0. The first-order chi connectivity index (χ1) is 14.6. The highest BCUT2D eigenvalue weighted by atomic mass is 16.2. The van der Waals surface area contributed by atoms with E-state index in [0.717, 1.165) is 28.2 Å². The minimum absolute atomic E-state index is 0.0268. The van der Waals surface area contributed by atoms with E-state index in [1.165, 1.54) is 0 Å². The van der Waals surface area contributed by atoms with Crippen molar-refractivity contribution in [2.45, 2.75) is 26.4 Å². The number of pyridine rings is 1. The molecule has 4 rings (SSSR count). The minimum Gasteiger partial charge on any atom is -0.363 e. The maximum Gasteiger partial charge on any atom is 0.255 e. The number of carbonyl (C=O) groups excluding carboxylic acids is 2. The molecule has 1 atom stereocenters. The molecule has 0 saturated heterocycles. The van der Waals surface area contributed by atoms with Gasteiger partial charge in [-0.25, -0.2) is 4.98 Å². The molecule has 0 spiro atoms. The molecule has 6 nitrogen and oxygen atoms in total. The summed E-state index contributed by atoms with van der Waals surface area (Å²) in [5, 5.41) is 6.31. The van der Waals surface area contributed by atoms with E-state index in [0.29, 0.717) is 18.7 Å². The Balaban J connectivity index is 1.46. The highest BCUT2D eigenvalue weighted by Crippen LogP contribution is 2.29. The zero-order valence-electron chi connectivity index (χ0n) is 17.1. The van der Waals surface area contributed by atoms with Gasteiger partial charge in [-0.3, -0.25) is 9.59 Å². The SMILES string of the molecule is CCN1Cc2c(ccnc2N[C@@H](C)c2ccc(C(=O)Nc3ccccc3)cc2)C1=O. The molecule has 152 valence electrons. The Morgan fingerprint density at radius 3 is 2.53 bits per heavy atom. The van der Waals surface area contributed by atoms with Gasteiger partial charge in [-0.2, -0.15) is 0 Å². The number of nitrogens with zero attached hydrogens (tertiary/aromatic N) is 2. The molecule has 1 aliphatic heterocycles. The Hall–Kier alpha value is -3.67. The van der Waals surface area contributed by atoms with E-state index in [1.54, 1.807) is 12.3 Å².